The van der Waals surface area contributed by atoms with Crippen LogP contribution in [0.15, 0.2) is 59.5 Å². The van der Waals surface area contributed by atoms with Crippen LogP contribution in [-0.2, 0) is 19.6 Å². The first kappa shape index (κ1) is 16.3. The molecule has 0 aromatic heterocycles. The van der Waals surface area contributed by atoms with Crippen LogP contribution in [0, 0.1) is 5.82 Å². The quantitative estimate of drug-likeness (QED) is 0.786. The number of imide groups is 1. The van der Waals surface area contributed by atoms with Crippen molar-refractivity contribution in [1.29, 1.82) is 0 Å². The van der Waals surface area contributed by atoms with Crippen LogP contribution in [0.25, 0.3) is 0 Å². The number of sulfonamides is 1. The van der Waals surface area contributed by atoms with Gasteiger partial charge in [0.2, 0.25) is 21.8 Å². The molecule has 1 aliphatic rings. The van der Waals surface area contributed by atoms with E-state index in [1.165, 1.54) is 24.3 Å². The van der Waals surface area contributed by atoms with Gasteiger partial charge < -0.3 is 0 Å². The highest BCUT2D eigenvalue weighted by Crippen LogP contribution is 2.22. The van der Waals surface area contributed by atoms with Crippen LogP contribution in [0.5, 0.6) is 0 Å². The van der Waals surface area contributed by atoms with Crippen LogP contribution in [0.1, 0.15) is 0 Å². The summed E-state index contributed by atoms with van der Waals surface area (Å²) in [7, 11) is -3.94. The zero-order valence-electron chi connectivity index (χ0n) is 12.4. The van der Waals surface area contributed by atoms with Crippen LogP contribution in [0.4, 0.5) is 10.1 Å². The van der Waals surface area contributed by atoms with Crippen molar-refractivity contribution in [2.75, 3.05) is 18.0 Å². The summed E-state index contributed by atoms with van der Waals surface area (Å²) in [6, 6.07) is 12.4. The third-order valence-electron chi connectivity index (χ3n) is 3.59. The number of rotatable bonds is 3. The Morgan fingerprint density at radius 1 is 0.833 bits per heavy atom. The van der Waals surface area contributed by atoms with Gasteiger partial charge in [0.15, 0.2) is 0 Å². The number of carbonyl (C=O) groups excluding carboxylic acids is 2. The number of benzene rings is 2. The molecule has 0 N–H and O–H groups in total. The predicted octanol–water partition coefficient (Wildman–Crippen LogP) is 1.39. The Bertz CT molecular complexity index is 864. The number of anilines is 1. The van der Waals surface area contributed by atoms with Gasteiger partial charge in [-0.3, -0.25) is 9.59 Å². The van der Waals surface area contributed by atoms with E-state index < -0.39 is 40.7 Å². The number of carbonyl (C=O) groups is 2. The Morgan fingerprint density at radius 2 is 1.38 bits per heavy atom. The normalized spacial score (nSPS) is 16.5. The zero-order chi connectivity index (χ0) is 17.3. The smallest absolute Gasteiger partial charge is 0.249 e. The molecule has 3 rings (SSSR count). The van der Waals surface area contributed by atoms with Gasteiger partial charge in [-0.1, -0.05) is 18.2 Å². The van der Waals surface area contributed by atoms with E-state index in [1.54, 1.807) is 18.2 Å². The molecule has 6 nitrogen and oxygen atoms in total. The van der Waals surface area contributed by atoms with E-state index >= 15 is 0 Å². The van der Waals surface area contributed by atoms with Gasteiger partial charge in [0.1, 0.15) is 5.82 Å². The van der Waals surface area contributed by atoms with Gasteiger partial charge in [-0.05, 0) is 36.4 Å². The van der Waals surface area contributed by atoms with E-state index in [2.05, 4.69) is 0 Å². The molecular formula is C16H13FN2O4S. The molecule has 1 fully saturated rings. The lowest BCUT2D eigenvalue weighted by Crippen LogP contribution is -2.55. The number of piperazine rings is 1. The predicted molar refractivity (Wildman–Crippen MR) is 84.1 cm³/mol. The molecule has 2 aromatic carbocycles. The molecule has 2 amide bonds. The largest absolute Gasteiger partial charge is 0.272 e. The molecule has 124 valence electrons. The highest BCUT2D eigenvalue weighted by molar-refractivity contribution is 7.89. The van der Waals surface area contributed by atoms with Crippen LogP contribution in [-0.4, -0.2) is 37.6 Å². The third-order valence-corrected chi connectivity index (χ3v) is 5.39. The molecular weight excluding hydrogens is 335 g/mol. The molecule has 0 spiro atoms. The molecule has 0 bridgehead atoms. The Kier molecular flexibility index (Phi) is 4.16. The van der Waals surface area contributed by atoms with E-state index in [0.29, 0.717) is 0 Å². The van der Waals surface area contributed by atoms with E-state index in [9.17, 15) is 22.4 Å². The van der Waals surface area contributed by atoms with E-state index in [-0.39, 0.29) is 10.6 Å². The van der Waals surface area contributed by atoms with E-state index in [0.717, 1.165) is 21.3 Å². The monoisotopic (exact) mass is 348 g/mol. The maximum absolute atomic E-state index is 13.0. The zero-order valence-corrected chi connectivity index (χ0v) is 13.2. The Labute approximate surface area is 138 Å². The summed E-state index contributed by atoms with van der Waals surface area (Å²) in [6.07, 6.45) is 0. The highest BCUT2D eigenvalue weighted by atomic mass is 32.2. The number of nitrogens with zero attached hydrogens (tertiary/aromatic N) is 2. The fourth-order valence-corrected chi connectivity index (χ4v) is 3.79. The third kappa shape index (κ3) is 2.93. The molecule has 0 radical (unpaired) electrons. The molecule has 0 saturated carbocycles. The van der Waals surface area contributed by atoms with Crippen LogP contribution < -0.4 is 4.90 Å². The first-order valence-electron chi connectivity index (χ1n) is 7.06. The van der Waals surface area contributed by atoms with Crippen molar-refractivity contribution in [3.05, 3.63) is 60.4 Å². The maximum Gasteiger partial charge on any atom is 0.249 e. The lowest BCUT2D eigenvalue weighted by atomic mass is 10.2. The van der Waals surface area contributed by atoms with Crippen molar-refractivity contribution in [3.63, 3.8) is 0 Å². The number of hydrogen-bond donors (Lipinski definition) is 0. The lowest BCUT2D eigenvalue weighted by molar-refractivity contribution is -0.130. The Morgan fingerprint density at radius 3 is 1.92 bits per heavy atom. The van der Waals surface area contributed by atoms with Crippen LogP contribution >= 0.6 is 0 Å². The van der Waals surface area contributed by atoms with Gasteiger partial charge in [0, 0.05) is 0 Å². The molecule has 1 saturated heterocycles. The second-order valence-electron chi connectivity index (χ2n) is 5.19. The van der Waals surface area contributed by atoms with Crippen molar-refractivity contribution in [2.45, 2.75) is 4.90 Å². The summed E-state index contributed by atoms with van der Waals surface area (Å²) in [5.41, 5.74) is 0.211. The second-order valence-corrected chi connectivity index (χ2v) is 7.12. The SMILES string of the molecule is O=C1CN(S(=O)(=O)c2ccccc2)CC(=O)N1c1ccc(F)cc1. The maximum atomic E-state index is 13.0. The lowest BCUT2D eigenvalue weighted by Gasteiger charge is -2.31. The van der Waals surface area contributed by atoms with Gasteiger partial charge in [0.05, 0.1) is 23.7 Å². The van der Waals surface area contributed by atoms with Gasteiger partial charge in [-0.15, -0.1) is 0 Å². The fourth-order valence-electron chi connectivity index (χ4n) is 2.43. The summed E-state index contributed by atoms with van der Waals surface area (Å²) in [4.78, 5) is 25.5. The van der Waals surface area contributed by atoms with Crippen molar-refractivity contribution in [1.82, 2.24) is 4.31 Å². The standard InChI is InChI=1S/C16H13FN2O4S/c17-12-6-8-13(9-7-12)19-15(20)10-18(11-16(19)21)24(22,23)14-4-2-1-3-5-14/h1-9H,10-11H2. The van der Waals surface area contributed by atoms with Gasteiger partial charge in [0.25, 0.3) is 0 Å². The average Bonchev–Trinajstić information content (AvgIpc) is 2.56. The van der Waals surface area contributed by atoms with Crippen molar-refractivity contribution >= 4 is 27.5 Å². The summed E-state index contributed by atoms with van der Waals surface area (Å²) >= 11 is 0. The molecule has 1 aliphatic heterocycles. The average molecular weight is 348 g/mol. The van der Waals surface area contributed by atoms with Crippen molar-refractivity contribution in [3.8, 4) is 0 Å². The summed E-state index contributed by atoms with van der Waals surface area (Å²) in [6.45, 7) is -0.916. The summed E-state index contributed by atoms with van der Waals surface area (Å²) in [5, 5.41) is 0. The topological polar surface area (TPSA) is 74.8 Å². The molecule has 0 atom stereocenters. The minimum absolute atomic E-state index is 0.0147. The molecule has 1 heterocycles. The number of halogens is 1. The number of amides is 2. The van der Waals surface area contributed by atoms with E-state index in [1.807, 2.05) is 0 Å². The minimum Gasteiger partial charge on any atom is -0.272 e. The van der Waals surface area contributed by atoms with Crippen molar-refractivity contribution < 1.29 is 22.4 Å². The Balaban J connectivity index is 1.87. The molecule has 8 heteroatoms. The van der Waals surface area contributed by atoms with E-state index in [4.69, 9.17) is 0 Å². The Hall–Kier alpha value is -2.58. The summed E-state index contributed by atoms with van der Waals surface area (Å²) < 4.78 is 38.9. The first-order chi connectivity index (χ1) is 11.4. The van der Waals surface area contributed by atoms with Gasteiger partial charge in [-0.2, -0.15) is 4.31 Å². The van der Waals surface area contributed by atoms with Crippen LogP contribution in [0.2, 0.25) is 0 Å². The van der Waals surface area contributed by atoms with Crippen LogP contribution in [0.3, 0.4) is 0 Å². The molecule has 24 heavy (non-hydrogen) atoms. The van der Waals surface area contributed by atoms with Crippen molar-refractivity contribution in [2.24, 2.45) is 0 Å². The molecule has 0 aliphatic carbocycles. The highest BCUT2D eigenvalue weighted by Gasteiger charge is 2.38. The second kappa shape index (κ2) is 6.14. The minimum atomic E-state index is -3.94. The fraction of sp³-hybridized carbons (Fsp3) is 0.125. The molecule has 2 aromatic rings. The van der Waals surface area contributed by atoms with Gasteiger partial charge >= 0.3 is 0 Å². The molecule has 0 unspecified atom stereocenters. The van der Waals surface area contributed by atoms with Gasteiger partial charge in [-0.25, -0.2) is 17.7 Å². The summed E-state index contributed by atoms with van der Waals surface area (Å²) in [5.74, 6) is -1.86. The number of hydrogen-bond acceptors (Lipinski definition) is 4. The first-order valence-corrected chi connectivity index (χ1v) is 8.50.